The van der Waals surface area contributed by atoms with Gasteiger partial charge in [0, 0.05) is 13.5 Å². The van der Waals surface area contributed by atoms with Crippen molar-refractivity contribution in [1.29, 1.82) is 0 Å². The summed E-state index contributed by atoms with van der Waals surface area (Å²) in [6.45, 7) is 11.9. The summed E-state index contributed by atoms with van der Waals surface area (Å²) in [6, 6.07) is 0. The highest BCUT2D eigenvalue weighted by atomic mass is 16.4. The molecule has 19 heavy (non-hydrogen) atoms. The van der Waals surface area contributed by atoms with Crippen molar-refractivity contribution in [3.05, 3.63) is 0 Å². The summed E-state index contributed by atoms with van der Waals surface area (Å²) in [5, 5.41) is 9.77. The topological polar surface area (TPSA) is 57.6 Å². The summed E-state index contributed by atoms with van der Waals surface area (Å²) in [7, 11) is 0. The van der Waals surface area contributed by atoms with E-state index in [0.29, 0.717) is 19.4 Å². The lowest BCUT2D eigenvalue weighted by atomic mass is 9.80. The molecule has 0 aliphatic rings. The van der Waals surface area contributed by atoms with Gasteiger partial charge in [0.05, 0.1) is 0 Å². The molecule has 1 N–H and O–H groups in total. The van der Waals surface area contributed by atoms with Gasteiger partial charge >= 0.3 is 5.97 Å². The van der Waals surface area contributed by atoms with Gasteiger partial charge in [0.1, 0.15) is 5.54 Å². The van der Waals surface area contributed by atoms with Crippen LogP contribution in [0.2, 0.25) is 0 Å². The van der Waals surface area contributed by atoms with Gasteiger partial charge in [-0.2, -0.15) is 0 Å². The Labute approximate surface area is 117 Å². The number of carboxylic acid groups (broad SMARTS) is 1. The lowest BCUT2D eigenvalue weighted by Crippen LogP contribution is -2.58. The van der Waals surface area contributed by atoms with Crippen LogP contribution in [0.15, 0.2) is 0 Å². The first-order valence-electron chi connectivity index (χ1n) is 7.19. The highest BCUT2D eigenvalue weighted by molar-refractivity contribution is 5.86. The van der Waals surface area contributed by atoms with Gasteiger partial charge in [0.2, 0.25) is 5.91 Å². The minimum absolute atomic E-state index is 0.148. The fourth-order valence-electron chi connectivity index (χ4n) is 2.84. The first kappa shape index (κ1) is 17.9. The van der Waals surface area contributed by atoms with Gasteiger partial charge in [0.25, 0.3) is 0 Å². The van der Waals surface area contributed by atoms with Crippen LogP contribution in [0.1, 0.15) is 60.8 Å². The number of aliphatic carboxylic acids is 1. The lowest BCUT2D eigenvalue weighted by Gasteiger charge is -2.42. The third kappa shape index (κ3) is 4.84. The Kier molecular flexibility index (Phi) is 7.09. The molecular formula is C15H29NO3. The van der Waals surface area contributed by atoms with E-state index in [0.717, 1.165) is 6.42 Å². The molecule has 1 amide bonds. The Balaban J connectivity index is 5.62. The van der Waals surface area contributed by atoms with Crippen LogP contribution in [0.3, 0.4) is 0 Å². The maximum atomic E-state index is 11.9. The maximum absolute atomic E-state index is 11.9. The van der Waals surface area contributed by atoms with E-state index in [9.17, 15) is 14.7 Å². The van der Waals surface area contributed by atoms with Crippen molar-refractivity contribution in [2.45, 2.75) is 66.3 Å². The summed E-state index contributed by atoms with van der Waals surface area (Å²) >= 11 is 0. The predicted molar refractivity (Wildman–Crippen MR) is 77.0 cm³/mol. The van der Waals surface area contributed by atoms with E-state index in [1.807, 2.05) is 34.6 Å². The molecule has 0 heterocycles. The number of amides is 1. The Hall–Kier alpha value is -1.06. The number of carbonyl (C=O) groups excluding carboxylic acids is 1. The van der Waals surface area contributed by atoms with E-state index in [4.69, 9.17) is 0 Å². The first-order chi connectivity index (χ1) is 8.67. The third-order valence-electron chi connectivity index (χ3n) is 3.23. The van der Waals surface area contributed by atoms with Gasteiger partial charge in [-0.15, -0.1) is 0 Å². The van der Waals surface area contributed by atoms with Crippen LogP contribution in [-0.4, -0.2) is 34.0 Å². The summed E-state index contributed by atoms with van der Waals surface area (Å²) in [6.07, 6.45) is 1.77. The van der Waals surface area contributed by atoms with E-state index in [-0.39, 0.29) is 17.7 Å². The van der Waals surface area contributed by atoms with Crippen LogP contribution >= 0.6 is 0 Å². The molecular weight excluding hydrogens is 242 g/mol. The predicted octanol–water partition coefficient (Wildman–Crippen LogP) is 3.16. The largest absolute Gasteiger partial charge is 0.479 e. The number of nitrogens with zero attached hydrogens (tertiary/aromatic N) is 1. The normalized spacial score (nSPS) is 12.0. The molecule has 0 saturated heterocycles. The number of carboxylic acids is 1. The molecule has 0 saturated carbocycles. The standard InChI is InChI=1S/C15H29NO3/c1-7-8-16(13(6)17)15(14(18)19,9-11(2)3)10-12(4)5/h11-12H,7-10H2,1-6H3,(H,18,19). The molecule has 0 fully saturated rings. The summed E-state index contributed by atoms with van der Waals surface area (Å²) in [4.78, 5) is 25.4. The minimum atomic E-state index is -1.07. The van der Waals surface area contributed by atoms with Gasteiger partial charge in [-0.3, -0.25) is 4.79 Å². The van der Waals surface area contributed by atoms with Crippen LogP contribution in [0.5, 0.6) is 0 Å². The molecule has 0 bridgehead atoms. The first-order valence-corrected chi connectivity index (χ1v) is 7.19. The van der Waals surface area contributed by atoms with E-state index in [1.165, 1.54) is 6.92 Å². The quantitative estimate of drug-likeness (QED) is 0.737. The fraction of sp³-hybridized carbons (Fsp3) is 0.867. The van der Waals surface area contributed by atoms with Crippen LogP contribution in [0, 0.1) is 11.8 Å². The third-order valence-corrected chi connectivity index (χ3v) is 3.23. The molecule has 0 unspecified atom stereocenters. The van der Waals surface area contributed by atoms with Crippen LogP contribution in [0.4, 0.5) is 0 Å². The molecule has 0 aromatic heterocycles. The van der Waals surface area contributed by atoms with Crippen molar-refractivity contribution in [2.75, 3.05) is 6.54 Å². The Morgan fingerprint density at radius 2 is 1.53 bits per heavy atom. The molecule has 0 rings (SSSR count). The van der Waals surface area contributed by atoms with Crippen LogP contribution in [-0.2, 0) is 9.59 Å². The van der Waals surface area contributed by atoms with Crippen molar-refractivity contribution in [1.82, 2.24) is 4.90 Å². The monoisotopic (exact) mass is 271 g/mol. The molecule has 0 aromatic carbocycles. The van der Waals surface area contributed by atoms with Gasteiger partial charge in [0.15, 0.2) is 0 Å². The summed E-state index contributed by atoms with van der Waals surface area (Å²) < 4.78 is 0. The van der Waals surface area contributed by atoms with E-state index in [1.54, 1.807) is 4.90 Å². The summed E-state index contributed by atoms with van der Waals surface area (Å²) in [5.41, 5.74) is -1.07. The van der Waals surface area contributed by atoms with E-state index >= 15 is 0 Å². The average Bonchev–Trinajstić information content (AvgIpc) is 2.22. The number of hydrogen-bond acceptors (Lipinski definition) is 2. The van der Waals surface area contributed by atoms with Gasteiger partial charge < -0.3 is 10.0 Å². The average molecular weight is 271 g/mol. The van der Waals surface area contributed by atoms with Gasteiger partial charge in [-0.05, 0) is 31.1 Å². The highest BCUT2D eigenvalue weighted by Crippen LogP contribution is 2.32. The van der Waals surface area contributed by atoms with E-state index in [2.05, 4.69) is 0 Å². The van der Waals surface area contributed by atoms with Crippen LogP contribution in [0.25, 0.3) is 0 Å². The molecule has 4 heteroatoms. The molecule has 0 radical (unpaired) electrons. The Morgan fingerprint density at radius 3 is 1.74 bits per heavy atom. The Morgan fingerprint density at radius 1 is 1.11 bits per heavy atom. The zero-order valence-electron chi connectivity index (χ0n) is 13.2. The fourth-order valence-corrected chi connectivity index (χ4v) is 2.84. The van der Waals surface area contributed by atoms with Crippen molar-refractivity contribution >= 4 is 11.9 Å². The second-order valence-corrected chi connectivity index (χ2v) is 6.20. The molecule has 0 aliphatic carbocycles. The molecule has 0 aromatic rings. The van der Waals surface area contributed by atoms with Crippen molar-refractivity contribution < 1.29 is 14.7 Å². The second kappa shape index (κ2) is 7.51. The van der Waals surface area contributed by atoms with Crippen LogP contribution < -0.4 is 0 Å². The number of hydrogen-bond donors (Lipinski definition) is 1. The lowest BCUT2D eigenvalue weighted by molar-refractivity contribution is -0.161. The maximum Gasteiger partial charge on any atom is 0.329 e. The SMILES string of the molecule is CCCN(C(C)=O)C(CC(C)C)(CC(C)C)C(=O)O. The Bertz CT molecular complexity index is 301. The molecule has 112 valence electrons. The van der Waals surface area contributed by atoms with Crippen molar-refractivity contribution in [2.24, 2.45) is 11.8 Å². The van der Waals surface area contributed by atoms with Crippen molar-refractivity contribution in [3.63, 3.8) is 0 Å². The van der Waals surface area contributed by atoms with E-state index < -0.39 is 11.5 Å². The van der Waals surface area contributed by atoms with Crippen molar-refractivity contribution in [3.8, 4) is 0 Å². The number of rotatable bonds is 8. The van der Waals surface area contributed by atoms with Gasteiger partial charge in [-0.25, -0.2) is 4.79 Å². The zero-order chi connectivity index (χ0) is 15.2. The summed E-state index contributed by atoms with van der Waals surface area (Å²) in [5.74, 6) is -0.564. The highest BCUT2D eigenvalue weighted by Gasteiger charge is 2.45. The smallest absolute Gasteiger partial charge is 0.329 e. The molecule has 4 nitrogen and oxygen atoms in total. The molecule has 0 spiro atoms. The molecule has 0 aliphatic heterocycles. The number of carbonyl (C=O) groups is 2. The molecule has 0 atom stereocenters. The minimum Gasteiger partial charge on any atom is -0.479 e. The zero-order valence-corrected chi connectivity index (χ0v) is 13.2. The second-order valence-electron chi connectivity index (χ2n) is 6.20. The van der Waals surface area contributed by atoms with Gasteiger partial charge in [-0.1, -0.05) is 34.6 Å².